The van der Waals surface area contributed by atoms with Crippen molar-refractivity contribution < 1.29 is 9.84 Å². The fourth-order valence-electron chi connectivity index (χ4n) is 1.41. The van der Waals surface area contributed by atoms with Crippen molar-refractivity contribution in [1.29, 1.82) is 0 Å². The highest BCUT2D eigenvalue weighted by Crippen LogP contribution is 2.05. The Morgan fingerprint density at radius 3 is 2.82 bits per heavy atom. The number of hydrogen-bond acceptors (Lipinski definition) is 4. The maximum Gasteiger partial charge on any atom is 0.133 e. The van der Waals surface area contributed by atoms with Gasteiger partial charge in [-0.1, -0.05) is 0 Å². The summed E-state index contributed by atoms with van der Waals surface area (Å²) in [6.45, 7) is 6.63. The Bertz CT molecular complexity index is 299. The number of aromatic nitrogens is 1. The highest BCUT2D eigenvalue weighted by molar-refractivity contribution is 5.17. The van der Waals surface area contributed by atoms with E-state index in [0.717, 1.165) is 38.2 Å². The smallest absolute Gasteiger partial charge is 0.133 e. The lowest BCUT2D eigenvalue weighted by Gasteiger charge is -2.07. The molecule has 17 heavy (non-hydrogen) atoms. The molecule has 0 atom stereocenters. The lowest BCUT2D eigenvalue weighted by Crippen LogP contribution is -2.16. The van der Waals surface area contributed by atoms with E-state index in [1.165, 1.54) is 6.20 Å². The summed E-state index contributed by atoms with van der Waals surface area (Å²) in [5, 5.41) is 12.4. The van der Waals surface area contributed by atoms with Gasteiger partial charge < -0.3 is 15.2 Å². The summed E-state index contributed by atoms with van der Waals surface area (Å²) in [6.07, 6.45) is 3.97. The first-order valence-electron chi connectivity index (χ1n) is 6.14. The number of nitrogens with zero attached hydrogens (tertiary/aromatic N) is 1. The monoisotopic (exact) mass is 238 g/mol. The van der Waals surface area contributed by atoms with Gasteiger partial charge >= 0.3 is 0 Å². The molecule has 0 unspecified atom stereocenters. The summed E-state index contributed by atoms with van der Waals surface area (Å²) in [4.78, 5) is 4.10. The normalized spacial score (nSPS) is 11.0. The predicted octanol–water partition coefficient (Wildman–Crippen LogP) is 2.08. The standard InChI is InChI=1S/C13H22N2O2/c1-11(2)17-8-4-3-7-14-9-12-5-6-13(16)10-15-12/h5-6,10-11,14,16H,3-4,7-9H2,1-2H3. The molecular weight excluding hydrogens is 216 g/mol. The van der Waals surface area contributed by atoms with Gasteiger partial charge in [0.25, 0.3) is 0 Å². The molecule has 1 heterocycles. The van der Waals surface area contributed by atoms with Crippen LogP contribution in [0, 0.1) is 0 Å². The average Bonchev–Trinajstić information content (AvgIpc) is 2.30. The number of ether oxygens (including phenoxy) is 1. The predicted molar refractivity (Wildman–Crippen MR) is 67.9 cm³/mol. The zero-order valence-corrected chi connectivity index (χ0v) is 10.6. The first-order chi connectivity index (χ1) is 8.18. The van der Waals surface area contributed by atoms with E-state index in [2.05, 4.69) is 24.1 Å². The van der Waals surface area contributed by atoms with Gasteiger partial charge in [0.1, 0.15) is 5.75 Å². The second-order valence-electron chi connectivity index (χ2n) is 4.31. The molecule has 0 aliphatic rings. The molecule has 0 spiro atoms. The number of hydrogen-bond donors (Lipinski definition) is 2. The summed E-state index contributed by atoms with van der Waals surface area (Å²) in [7, 11) is 0. The van der Waals surface area contributed by atoms with Gasteiger partial charge in [-0.25, -0.2) is 0 Å². The molecule has 96 valence electrons. The summed E-state index contributed by atoms with van der Waals surface area (Å²) in [5.74, 6) is 0.208. The van der Waals surface area contributed by atoms with Crippen LogP contribution in [0.25, 0.3) is 0 Å². The fraction of sp³-hybridized carbons (Fsp3) is 0.615. The van der Waals surface area contributed by atoms with Crippen LogP contribution in [0.1, 0.15) is 32.4 Å². The van der Waals surface area contributed by atoms with Crippen LogP contribution < -0.4 is 5.32 Å². The van der Waals surface area contributed by atoms with E-state index in [1.54, 1.807) is 6.07 Å². The van der Waals surface area contributed by atoms with E-state index in [9.17, 15) is 0 Å². The van der Waals surface area contributed by atoms with Crippen LogP contribution in [-0.2, 0) is 11.3 Å². The van der Waals surface area contributed by atoms with E-state index >= 15 is 0 Å². The van der Waals surface area contributed by atoms with Crippen molar-refractivity contribution in [2.75, 3.05) is 13.2 Å². The minimum Gasteiger partial charge on any atom is -0.506 e. The maximum atomic E-state index is 9.07. The zero-order valence-electron chi connectivity index (χ0n) is 10.6. The Balaban J connectivity index is 1.99. The van der Waals surface area contributed by atoms with Crippen molar-refractivity contribution in [1.82, 2.24) is 10.3 Å². The molecule has 0 fully saturated rings. The second kappa shape index (κ2) is 8.03. The van der Waals surface area contributed by atoms with E-state index in [4.69, 9.17) is 9.84 Å². The van der Waals surface area contributed by atoms with Crippen LogP contribution in [0.3, 0.4) is 0 Å². The molecule has 0 aromatic carbocycles. The number of rotatable bonds is 8. The van der Waals surface area contributed by atoms with Gasteiger partial charge in [-0.15, -0.1) is 0 Å². The molecule has 1 aromatic heterocycles. The van der Waals surface area contributed by atoms with Crippen LogP contribution in [0.2, 0.25) is 0 Å². The molecular formula is C13H22N2O2. The highest BCUT2D eigenvalue weighted by atomic mass is 16.5. The van der Waals surface area contributed by atoms with Crippen LogP contribution in [0.5, 0.6) is 5.75 Å². The molecule has 1 aromatic rings. The Morgan fingerprint density at radius 2 is 2.18 bits per heavy atom. The molecule has 4 nitrogen and oxygen atoms in total. The highest BCUT2D eigenvalue weighted by Gasteiger charge is 1.96. The van der Waals surface area contributed by atoms with E-state index < -0.39 is 0 Å². The largest absolute Gasteiger partial charge is 0.506 e. The van der Waals surface area contributed by atoms with Crippen molar-refractivity contribution in [2.24, 2.45) is 0 Å². The van der Waals surface area contributed by atoms with Gasteiger partial charge in [0.15, 0.2) is 0 Å². The van der Waals surface area contributed by atoms with Crippen LogP contribution >= 0.6 is 0 Å². The van der Waals surface area contributed by atoms with Crippen LogP contribution in [-0.4, -0.2) is 29.3 Å². The third kappa shape index (κ3) is 6.92. The molecule has 0 aliphatic heterocycles. The number of aromatic hydroxyl groups is 1. The topological polar surface area (TPSA) is 54.4 Å². The molecule has 0 saturated heterocycles. The van der Waals surface area contributed by atoms with Crippen molar-refractivity contribution in [3.05, 3.63) is 24.0 Å². The first kappa shape index (κ1) is 13.9. The maximum absolute atomic E-state index is 9.07. The van der Waals surface area contributed by atoms with Crippen molar-refractivity contribution in [2.45, 2.75) is 39.3 Å². The first-order valence-corrected chi connectivity index (χ1v) is 6.14. The molecule has 0 aliphatic carbocycles. The lowest BCUT2D eigenvalue weighted by molar-refractivity contribution is 0.0760. The lowest BCUT2D eigenvalue weighted by atomic mass is 10.3. The summed E-state index contributed by atoms with van der Waals surface area (Å²) in [5.41, 5.74) is 0.946. The Kier molecular flexibility index (Phi) is 6.58. The second-order valence-corrected chi connectivity index (χ2v) is 4.31. The quantitative estimate of drug-likeness (QED) is 0.681. The van der Waals surface area contributed by atoms with E-state index in [1.807, 2.05) is 6.07 Å². The third-order valence-corrected chi connectivity index (χ3v) is 2.31. The minimum atomic E-state index is 0.208. The molecule has 0 bridgehead atoms. The Hall–Kier alpha value is -1.13. The number of unbranched alkanes of at least 4 members (excludes halogenated alkanes) is 1. The third-order valence-electron chi connectivity index (χ3n) is 2.31. The van der Waals surface area contributed by atoms with Gasteiger partial charge in [-0.2, -0.15) is 0 Å². The van der Waals surface area contributed by atoms with Gasteiger partial charge in [0.05, 0.1) is 18.0 Å². The Morgan fingerprint density at radius 1 is 1.35 bits per heavy atom. The molecule has 2 N–H and O–H groups in total. The van der Waals surface area contributed by atoms with Gasteiger partial charge in [0.2, 0.25) is 0 Å². The molecule has 1 rings (SSSR count). The Labute approximate surface area is 103 Å². The SMILES string of the molecule is CC(C)OCCCCNCc1ccc(O)cn1. The van der Waals surface area contributed by atoms with Gasteiger partial charge in [-0.05, 0) is 45.4 Å². The fourth-order valence-corrected chi connectivity index (χ4v) is 1.41. The summed E-state index contributed by atoms with van der Waals surface area (Å²) in [6, 6.07) is 3.48. The van der Waals surface area contributed by atoms with E-state index in [0.29, 0.717) is 6.10 Å². The molecule has 0 radical (unpaired) electrons. The minimum absolute atomic E-state index is 0.208. The molecule has 4 heteroatoms. The molecule has 0 amide bonds. The van der Waals surface area contributed by atoms with Gasteiger partial charge in [0, 0.05) is 13.2 Å². The van der Waals surface area contributed by atoms with Crippen molar-refractivity contribution in [3.63, 3.8) is 0 Å². The van der Waals surface area contributed by atoms with Crippen LogP contribution in [0.15, 0.2) is 18.3 Å². The van der Waals surface area contributed by atoms with Crippen molar-refractivity contribution >= 4 is 0 Å². The average molecular weight is 238 g/mol. The molecule has 0 saturated carbocycles. The van der Waals surface area contributed by atoms with Crippen LogP contribution in [0.4, 0.5) is 0 Å². The summed E-state index contributed by atoms with van der Waals surface area (Å²) < 4.78 is 5.45. The van der Waals surface area contributed by atoms with E-state index in [-0.39, 0.29) is 5.75 Å². The number of nitrogens with one attached hydrogen (secondary N) is 1. The van der Waals surface area contributed by atoms with Gasteiger partial charge in [-0.3, -0.25) is 4.98 Å². The summed E-state index contributed by atoms with van der Waals surface area (Å²) >= 11 is 0. The zero-order chi connectivity index (χ0) is 12.5. The van der Waals surface area contributed by atoms with Crippen molar-refractivity contribution in [3.8, 4) is 5.75 Å². The number of pyridine rings is 1.